The van der Waals surface area contributed by atoms with Gasteiger partial charge in [-0.25, -0.2) is 0 Å². The van der Waals surface area contributed by atoms with Crippen LogP contribution in [0.1, 0.15) is 31.7 Å². The Morgan fingerprint density at radius 1 is 1.15 bits per heavy atom. The summed E-state index contributed by atoms with van der Waals surface area (Å²) in [6.07, 6.45) is 3.54. The highest BCUT2D eigenvalue weighted by molar-refractivity contribution is 5.81. The summed E-state index contributed by atoms with van der Waals surface area (Å²) in [6, 6.07) is 5.93. The molecule has 0 spiro atoms. The molecular formula is C20H32N4O3. The van der Waals surface area contributed by atoms with Crippen molar-refractivity contribution in [1.29, 1.82) is 0 Å². The van der Waals surface area contributed by atoms with Gasteiger partial charge in [0.2, 0.25) is 5.91 Å². The summed E-state index contributed by atoms with van der Waals surface area (Å²) in [5, 5.41) is 6.54. The zero-order valence-electron chi connectivity index (χ0n) is 16.7. The van der Waals surface area contributed by atoms with Gasteiger partial charge in [0, 0.05) is 32.6 Å². The van der Waals surface area contributed by atoms with E-state index in [1.807, 2.05) is 30.0 Å². The molecule has 1 aliphatic heterocycles. The van der Waals surface area contributed by atoms with Crippen molar-refractivity contribution < 1.29 is 14.3 Å². The van der Waals surface area contributed by atoms with Crippen molar-refractivity contribution in [2.45, 2.75) is 32.6 Å². The highest BCUT2D eigenvalue weighted by atomic mass is 16.5. The molecule has 0 unspecified atom stereocenters. The standard InChI is InChI=1S/C20H32N4O3/c1-4-21-20(23-12-10-19(25)24-13-5-6-14-24)22-11-9-16-7-8-17(26-2)18(15-16)27-3/h7-8,15H,4-6,9-14H2,1-3H3,(H2,21,22,23). The summed E-state index contributed by atoms with van der Waals surface area (Å²) in [7, 11) is 3.27. The number of nitrogens with zero attached hydrogens (tertiary/aromatic N) is 2. The van der Waals surface area contributed by atoms with Crippen LogP contribution in [0.4, 0.5) is 0 Å². The van der Waals surface area contributed by atoms with Crippen molar-refractivity contribution in [2.24, 2.45) is 4.99 Å². The van der Waals surface area contributed by atoms with Gasteiger partial charge in [0.05, 0.1) is 20.8 Å². The Balaban J connectivity index is 1.80. The van der Waals surface area contributed by atoms with E-state index in [2.05, 4.69) is 15.6 Å². The van der Waals surface area contributed by atoms with E-state index in [4.69, 9.17) is 9.47 Å². The normalized spacial score (nSPS) is 14.2. The van der Waals surface area contributed by atoms with E-state index in [9.17, 15) is 4.79 Å². The monoisotopic (exact) mass is 376 g/mol. The van der Waals surface area contributed by atoms with Crippen molar-refractivity contribution in [3.63, 3.8) is 0 Å². The fourth-order valence-corrected chi connectivity index (χ4v) is 3.09. The third-order valence-corrected chi connectivity index (χ3v) is 4.55. The quantitative estimate of drug-likeness (QED) is 0.508. The van der Waals surface area contributed by atoms with Crippen molar-refractivity contribution >= 4 is 11.9 Å². The number of benzene rings is 1. The molecular weight excluding hydrogens is 344 g/mol. The zero-order chi connectivity index (χ0) is 19.5. The smallest absolute Gasteiger partial charge is 0.224 e. The lowest BCUT2D eigenvalue weighted by Crippen LogP contribution is -2.38. The average Bonchev–Trinajstić information content (AvgIpc) is 3.22. The predicted octanol–water partition coefficient (Wildman–Crippen LogP) is 1.81. The molecule has 1 aromatic rings. The number of carbonyl (C=O) groups is 1. The Morgan fingerprint density at radius 2 is 1.89 bits per heavy atom. The van der Waals surface area contributed by atoms with Gasteiger partial charge in [-0.3, -0.25) is 9.79 Å². The molecule has 2 rings (SSSR count). The second-order valence-electron chi connectivity index (χ2n) is 6.46. The molecule has 150 valence electrons. The van der Waals surface area contributed by atoms with Gasteiger partial charge in [-0.05, 0) is 43.9 Å². The number of hydrogen-bond donors (Lipinski definition) is 2. The minimum Gasteiger partial charge on any atom is -0.493 e. The maximum Gasteiger partial charge on any atom is 0.224 e. The third kappa shape index (κ3) is 6.66. The van der Waals surface area contributed by atoms with Crippen LogP contribution in [0.5, 0.6) is 11.5 Å². The molecule has 1 amide bonds. The van der Waals surface area contributed by atoms with Crippen molar-refractivity contribution in [2.75, 3.05) is 46.9 Å². The molecule has 1 saturated heterocycles. The Labute approximate surface area is 162 Å². The van der Waals surface area contributed by atoms with E-state index in [1.54, 1.807) is 14.2 Å². The number of hydrogen-bond acceptors (Lipinski definition) is 4. The van der Waals surface area contributed by atoms with Crippen LogP contribution in [-0.4, -0.2) is 63.7 Å². The van der Waals surface area contributed by atoms with Gasteiger partial charge in [0.1, 0.15) is 0 Å². The molecule has 0 atom stereocenters. The maximum absolute atomic E-state index is 12.1. The molecule has 27 heavy (non-hydrogen) atoms. The number of methoxy groups -OCH3 is 2. The summed E-state index contributed by atoms with van der Waals surface area (Å²) in [5.74, 6) is 2.41. The van der Waals surface area contributed by atoms with Crippen LogP contribution >= 0.6 is 0 Å². The van der Waals surface area contributed by atoms with Gasteiger partial charge in [0.25, 0.3) is 0 Å². The van der Waals surface area contributed by atoms with Crippen LogP contribution < -0.4 is 20.1 Å². The van der Waals surface area contributed by atoms with Gasteiger partial charge in [-0.15, -0.1) is 0 Å². The number of ether oxygens (including phenoxy) is 2. The summed E-state index contributed by atoms with van der Waals surface area (Å²) in [6.45, 7) is 5.84. The first-order chi connectivity index (χ1) is 13.2. The first-order valence-electron chi connectivity index (χ1n) is 9.68. The van der Waals surface area contributed by atoms with Crippen LogP contribution in [0.2, 0.25) is 0 Å². The van der Waals surface area contributed by atoms with Gasteiger partial charge >= 0.3 is 0 Å². The number of guanidine groups is 1. The van der Waals surface area contributed by atoms with E-state index < -0.39 is 0 Å². The van der Waals surface area contributed by atoms with Gasteiger partial charge in [0.15, 0.2) is 17.5 Å². The summed E-state index contributed by atoms with van der Waals surface area (Å²) >= 11 is 0. The van der Waals surface area contributed by atoms with E-state index >= 15 is 0 Å². The highest BCUT2D eigenvalue weighted by Crippen LogP contribution is 2.27. The van der Waals surface area contributed by atoms with Crippen LogP contribution in [0.25, 0.3) is 0 Å². The lowest BCUT2D eigenvalue weighted by molar-refractivity contribution is -0.129. The minimum absolute atomic E-state index is 0.206. The highest BCUT2D eigenvalue weighted by Gasteiger charge is 2.16. The Hall–Kier alpha value is -2.44. The Bertz CT molecular complexity index is 628. The van der Waals surface area contributed by atoms with E-state index in [0.29, 0.717) is 13.0 Å². The van der Waals surface area contributed by atoms with E-state index in [1.165, 1.54) is 0 Å². The Kier molecular flexibility index (Phi) is 8.74. The topological polar surface area (TPSA) is 75.2 Å². The van der Waals surface area contributed by atoms with Crippen molar-refractivity contribution in [3.05, 3.63) is 23.8 Å². The second kappa shape index (κ2) is 11.3. The van der Waals surface area contributed by atoms with E-state index in [0.717, 1.165) is 68.5 Å². The molecule has 1 heterocycles. The van der Waals surface area contributed by atoms with Crippen LogP contribution in [0.15, 0.2) is 23.2 Å². The fourth-order valence-electron chi connectivity index (χ4n) is 3.09. The van der Waals surface area contributed by atoms with Crippen molar-refractivity contribution in [3.8, 4) is 11.5 Å². The second-order valence-corrected chi connectivity index (χ2v) is 6.46. The van der Waals surface area contributed by atoms with E-state index in [-0.39, 0.29) is 5.91 Å². The maximum atomic E-state index is 12.1. The number of rotatable bonds is 9. The number of nitrogens with one attached hydrogen (secondary N) is 2. The molecule has 1 aliphatic rings. The molecule has 0 bridgehead atoms. The van der Waals surface area contributed by atoms with Crippen molar-refractivity contribution in [1.82, 2.24) is 15.5 Å². The molecule has 1 aromatic carbocycles. The number of carbonyl (C=O) groups excluding carboxylic acids is 1. The lowest BCUT2D eigenvalue weighted by atomic mass is 10.1. The molecule has 2 N–H and O–H groups in total. The van der Waals surface area contributed by atoms with Gasteiger partial charge in [-0.1, -0.05) is 6.07 Å². The molecule has 1 fully saturated rings. The first-order valence-corrected chi connectivity index (χ1v) is 9.68. The number of likely N-dealkylation sites (tertiary alicyclic amines) is 1. The van der Waals surface area contributed by atoms with Crippen LogP contribution in [0.3, 0.4) is 0 Å². The van der Waals surface area contributed by atoms with Gasteiger partial charge in [-0.2, -0.15) is 0 Å². The molecule has 7 heteroatoms. The zero-order valence-corrected chi connectivity index (χ0v) is 16.7. The molecule has 0 radical (unpaired) electrons. The first kappa shape index (κ1) is 20.9. The SMILES string of the molecule is CCNC(=NCCC(=O)N1CCCC1)NCCc1ccc(OC)c(OC)c1. The lowest BCUT2D eigenvalue weighted by Gasteiger charge is -2.15. The summed E-state index contributed by atoms with van der Waals surface area (Å²) in [5.41, 5.74) is 1.15. The number of aliphatic imine (C=N–C) groups is 1. The molecule has 0 aliphatic carbocycles. The van der Waals surface area contributed by atoms with Crippen LogP contribution in [-0.2, 0) is 11.2 Å². The van der Waals surface area contributed by atoms with Crippen LogP contribution in [0, 0.1) is 0 Å². The predicted molar refractivity (Wildman–Crippen MR) is 108 cm³/mol. The minimum atomic E-state index is 0.206. The third-order valence-electron chi connectivity index (χ3n) is 4.55. The number of amides is 1. The largest absolute Gasteiger partial charge is 0.493 e. The summed E-state index contributed by atoms with van der Waals surface area (Å²) < 4.78 is 10.6. The fraction of sp³-hybridized carbons (Fsp3) is 0.600. The average molecular weight is 377 g/mol. The van der Waals surface area contributed by atoms with Gasteiger partial charge < -0.3 is 25.0 Å². The molecule has 0 saturated carbocycles. The Morgan fingerprint density at radius 3 is 2.56 bits per heavy atom. The molecule has 7 nitrogen and oxygen atoms in total. The molecule has 0 aromatic heterocycles. The summed E-state index contributed by atoms with van der Waals surface area (Å²) in [4.78, 5) is 18.5.